The number of carbonyl (C=O) groups is 1. The van der Waals surface area contributed by atoms with E-state index in [-0.39, 0.29) is 36.4 Å². The van der Waals surface area contributed by atoms with Crippen LogP contribution in [0.25, 0.3) is 0 Å². The summed E-state index contributed by atoms with van der Waals surface area (Å²) in [6, 6.07) is 7.78. The Morgan fingerprint density at radius 2 is 1.92 bits per heavy atom. The number of methoxy groups -OCH3 is 1. The molecule has 0 spiro atoms. The number of rotatable bonds is 8. The first kappa shape index (κ1) is 22.8. The first-order valence-electron chi connectivity index (χ1n) is 7.41. The van der Waals surface area contributed by atoms with Gasteiger partial charge in [-0.25, -0.2) is 4.99 Å². The Balaban J connectivity index is 0.00000529. The molecule has 24 heavy (non-hydrogen) atoms. The lowest BCUT2D eigenvalue weighted by Crippen LogP contribution is -2.43. The molecule has 1 aromatic rings. The molecule has 0 aliphatic carbocycles. The number of nitrogens with one attached hydrogen (secondary N) is 2. The Morgan fingerprint density at radius 3 is 2.46 bits per heavy atom. The van der Waals surface area contributed by atoms with Crippen molar-refractivity contribution in [3.8, 4) is 5.75 Å². The summed E-state index contributed by atoms with van der Waals surface area (Å²) in [5.74, 6) is 2.45. The van der Waals surface area contributed by atoms with Crippen molar-refractivity contribution < 1.29 is 9.53 Å². The van der Waals surface area contributed by atoms with E-state index in [9.17, 15) is 4.79 Å². The van der Waals surface area contributed by atoms with Gasteiger partial charge in [0, 0.05) is 26.4 Å². The standard InChI is InChI=1S/C16H26N4O2S.HI/c1-20(2)15(21)12-19-16(17-9-10-23-4)18-11-13-5-7-14(22-3)8-6-13;/h5-8H,9-12H2,1-4H3,(H2,17,18,19);1H. The smallest absolute Gasteiger partial charge is 0.241 e. The lowest BCUT2D eigenvalue weighted by atomic mass is 10.2. The van der Waals surface area contributed by atoms with E-state index < -0.39 is 0 Å². The molecule has 1 aromatic carbocycles. The third-order valence-corrected chi connectivity index (χ3v) is 3.70. The molecule has 0 saturated carbocycles. The van der Waals surface area contributed by atoms with E-state index in [4.69, 9.17) is 4.74 Å². The van der Waals surface area contributed by atoms with Crippen LogP contribution in [0.1, 0.15) is 5.56 Å². The lowest BCUT2D eigenvalue weighted by Gasteiger charge is -2.14. The van der Waals surface area contributed by atoms with Crippen LogP contribution in [0.2, 0.25) is 0 Å². The topological polar surface area (TPSA) is 66.0 Å². The summed E-state index contributed by atoms with van der Waals surface area (Å²) < 4.78 is 5.14. The highest BCUT2D eigenvalue weighted by Gasteiger charge is 2.05. The van der Waals surface area contributed by atoms with Crippen LogP contribution in [0.4, 0.5) is 0 Å². The van der Waals surface area contributed by atoms with Crippen LogP contribution in [0.3, 0.4) is 0 Å². The van der Waals surface area contributed by atoms with Gasteiger partial charge in [0.25, 0.3) is 0 Å². The number of ether oxygens (including phenoxy) is 1. The zero-order valence-corrected chi connectivity index (χ0v) is 17.8. The minimum Gasteiger partial charge on any atom is -0.497 e. The molecule has 0 fully saturated rings. The van der Waals surface area contributed by atoms with Crippen LogP contribution in [0, 0.1) is 0 Å². The fourth-order valence-corrected chi connectivity index (χ4v) is 1.97. The molecule has 0 heterocycles. The van der Waals surface area contributed by atoms with Crippen molar-refractivity contribution in [3.63, 3.8) is 0 Å². The van der Waals surface area contributed by atoms with Crippen LogP contribution in [-0.2, 0) is 11.3 Å². The number of hydrogen-bond donors (Lipinski definition) is 2. The second kappa shape index (κ2) is 13.2. The first-order chi connectivity index (χ1) is 11.1. The Labute approximate surface area is 165 Å². The molecule has 0 aliphatic rings. The third-order valence-electron chi connectivity index (χ3n) is 3.08. The van der Waals surface area contributed by atoms with E-state index in [1.54, 1.807) is 37.9 Å². The summed E-state index contributed by atoms with van der Waals surface area (Å²) in [5, 5.41) is 6.30. The molecule has 0 atom stereocenters. The summed E-state index contributed by atoms with van der Waals surface area (Å²) in [4.78, 5) is 17.8. The van der Waals surface area contributed by atoms with E-state index in [0.717, 1.165) is 23.6 Å². The molecule has 6 nitrogen and oxygen atoms in total. The van der Waals surface area contributed by atoms with Crippen molar-refractivity contribution >= 4 is 47.6 Å². The van der Waals surface area contributed by atoms with Crippen molar-refractivity contribution in [3.05, 3.63) is 29.8 Å². The molecule has 1 amide bonds. The lowest BCUT2D eigenvalue weighted by molar-refractivity contribution is -0.127. The van der Waals surface area contributed by atoms with Gasteiger partial charge in [-0.15, -0.1) is 24.0 Å². The summed E-state index contributed by atoms with van der Waals surface area (Å²) in [7, 11) is 5.12. The van der Waals surface area contributed by atoms with E-state index in [0.29, 0.717) is 12.5 Å². The van der Waals surface area contributed by atoms with Crippen molar-refractivity contribution in [2.45, 2.75) is 6.54 Å². The highest BCUT2D eigenvalue weighted by Crippen LogP contribution is 2.11. The van der Waals surface area contributed by atoms with Crippen molar-refractivity contribution in [1.82, 2.24) is 15.5 Å². The predicted octanol–water partition coefficient (Wildman–Crippen LogP) is 1.80. The van der Waals surface area contributed by atoms with Crippen LogP contribution in [0.15, 0.2) is 29.3 Å². The summed E-state index contributed by atoms with van der Waals surface area (Å²) >= 11 is 1.76. The second-order valence-electron chi connectivity index (χ2n) is 5.07. The molecule has 0 saturated heterocycles. The van der Waals surface area contributed by atoms with Gasteiger partial charge in [0.05, 0.1) is 20.2 Å². The van der Waals surface area contributed by atoms with Gasteiger partial charge in [-0.2, -0.15) is 11.8 Å². The predicted molar refractivity (Wildman–Crippen MR) is 113 cm³/mol. The maximum Gasteiger partial charge on any atom is 0.241 e. The largest absolute Gasteiger partial charge is 0.497 e. The Bertz CT molecular complexity index is 509. The van der Waals surface area contributed by atoms with Gasteiger partial charge in [-0.3, -0.25) is 4.79 Å². The molecule has 8 heteroatoms. The summed E-state index contributed by atoms with van der Waals surface area (Å²) in [6.45, 7) is 1.56. The zero-order valence-electron chi connectivity index (χ0n) is 14.7. The maximum atomic E-state index is 11.7. The highest BCUT2D eigenvalue weighted by molar-refractivity contribution is 14.0. The van der Waals surface area contributed by atoms with Crippen LogP contribution >= 0.6 is 35.7 Å². The van der Waals surface area contributed by atoms with Gasteiger partial charge in [-0.05, 0) is 24.0 Å². The van der Waals surface area contributed by atoms with Gasteiger partial charge in [0.1, 0.15) is 5.75 Å². The van der Waals surface area contributed by atoms with Crippen molar-refractivity contribution in [2.75, 3.05) is 46.3 Å². The van der Waals surface area contributed by atoms with E-state index in [1.807, 2.05) is 24.3 Å². The minimum atomic E-state index is 0. The van der Waals surface area contributed by atoms with Gasteiger partial charge in [0.15, 0.2) is 5.96 Å². The van der Waals surface area contributed by atoms with Crippen LogP contribution < -0.4 is 15.4 Å². The molecule has 0 aliphatic heterocycles. The average molecular weight is 466 g/mol. The number of halogens is 1. The van der Waals surface area contributed by atoms with Crippen LogP contribution in [-0.4, -0.2) is 63.1 Å². The zero-order chi connectivity index (χ0) is 17.1. The van der Waals surface area contributed by atoms with Gasteiger partial charge in [0.2, 0.25) is 5.91 Å². The summed E-state index contributed by atoms with van der Waals surface area (Å²) in [6.07, 6.45) is 2.05. The molecular formula is C16H27IN4O2S. The highest BCUT2D eigenvalue weighted by atomic mass is 127. The molecule has 0 bridgehead atoms. The number of hydrogen-bond acceptors (Lipinski definition) is 4. The number of likely N-dealkylation sites (N-methyl/N-ethyl adjacent to an activating group) is 1. The Morgan fingerprint density at radius 1 is 1.25 bits per heavy atom. The number of aliphatic imine (C=N–C) groups is 1. The van der Waals surface area contributed by atoms with Crippen LogP contribution in [0.5, 0.6) is 5.75 Å². The molecule has 2 N–H and O–H groups in total. The minimum absolute atomic E-state index is 0. The second-order valence-corrected chi connectivity index (χ2v) is 6.06. The monoisotopic (exact) mass is 466 g/mol. The number of guanidine groups is 1. The van der Waals surface area contributed by atoms with E-state index >= 15 is 0 Å². The number of nitrogens with zero attached hydrogens (tertiary/aromatic N) is 2. The number of benzene rings is 1. The quantitative estimate of drug-likeness (QED) is 0.265. The fourth-order valence-electron chi connectivity index (χ4n) is 1.66. The van der Waals surface area contributed by atoms with E-state index in [1.165, 1.54) is 0 Å². The van der Waals surface area contributed by atoms with Gasteiger partial charge >= 0.3 is 0 Å². The SMILES string of the molecule is COc1ccc(CN=C(NCCSC)NCC(=O)N(C)C)cc1.I. The number of carbonyl (C=O) groups excluding carboxylic acids is 1. The summed E-state index contributed by atoms with van der Waals surface area (Å²) in [5.41, 5.74) is 1.08. The molecular weight excluding hydrogens is 439 g/mol. The molecule has 0 aromatic heterocycles. The average Bonchev–Trinajstić information content (AvgIpc) is 2.57. The molecule has 0 unspecified atom stereocenters. The third kappa shape index (κ3) is 9.21. The number of thioether (sulfide) groups is 1. The molecule has 1 rings (SSSR count). The number of amides is 1. The van der Waals surface area contributed by atoms with E-state index in [2.05, 4.69) is 21.9 Å². The maximum absolute atomic E-state index is 11.7. The molecule has 0 radical (unpaired) electrons. The van der Waals surface area contributed by atoms with Gasteiger partial charge in [-0.1, -0.05) is 12.1 Å². The molecule has 136 valence electrons. The Hall–Kier alpha value is -1.16. The van der Waals surface area contributed by atoms with Gasteiger partial charge < -0.3 is 20.3 Å². The van der Waals surface area contributed by atoms with Crippen molar-refractivity contribution in [2.24, 2.45) is 4.99 Å². The Kier molecular flexibility index (Phi) is 12.5. The first-order valence-corrected chi connectivity index (χ1v) is 8.80. The normalized spacial score (nSPS) is 10.6. The fraction of sp³-hybridized carbons (Fsp3) is 0.500. The van der Waals surface area contributed by atoms with Crippen molar-refractivity contribution in [1.29, 1.82) is 0 Å².